The molecular formula is C15H20ClN3O. The zero-order valence-electron chi connectivity index (χ0n) is 11.6. The third-order valence-electron chi connectivity index (χ3n) is 4.46. The van der Waals surface area contributed by atoms with E-state index in [0.29, 0.717) is 10.7 Å². The highest BCUT2D eigenvalue weighted by atomic mass is 35.5. The van der Waals surface area contributed by atoms with Crippen molar-refractivity contribution in [3.8, 4) is 0 Å². The van der Waals surface area contributed by atoms with Gasteiger partial charge in [0.2, 0.25) is 0 Å². The molecule has 2 aliphatic heterocycles. The third-order valence-corrected chi connectivity index (χ3v) is 4.68. The van der Waals surface area contributed by atoms with Crippen molar-refractivity contribution in [1.29, 1.82) is 0 Å². The lowest BCUT2D eigenvalue weighted by Crippen LogP contribution is -2.52. The summed E-state index contributed by atoms with van der Waals surface area (Å²) in [7, 11) is 0. The van der Waals surface area contributed by atoms with Crippen LogP contribution in [0.3, 0.4) is 0 Å². The molecule has 1 aromatic rings. The number of carbonyl (C=O) groups is 1. The molecule has 1 N–H and O–H groups in total. The number of hydrogen-bond donors (Lipinski definition) is 1. The molecule has 2 aliphatic rings. The molecule has 2 fully saturated rings. The number of hydrogen-bond acceptors (Lipinski definition) is 3. The van der Waals surface area contributed by atoms with Crippen LogP contribution >= 0.6 is 11.6 Å². The maximum absolute atomic E-state index is 12.5. The summed E-state index contributed by atoms with van der Waals surface area (Å²) in [6, 6.07) is 3.44. The summed E-state index contributed by atoms with van der Waals surface area (Å²) in [6.07, 6.45) is 6.27. The Morgan fingerprint density at radius 3 is 2.90 bits per heavy atom. The fourth-order valence-electron chi connectivity index (χ4n) is 3.42. The fraction of sp³-hybridized carbons (Fsp3) is 0.600. The minimum atomic E-state index is 0.0336. The Hall–Kier alpha value is -1.13. The monoisotopic (exact) mass is 293 g/mol. The molecule has 0 radical (unpaired) electrons. The molecule has 1 aromatic heterocycles. The quantitative estimate of drug-likeness (QED) is 0.864. The van der Waals surface area contributed by atoms with Crippen LogP contribution in [0.5, 0.6) is 0 Å². The van der Waals surface area contributed by atoms with Crippen molar-refractivity contribution in [3.63, 3.8) is 0 Å². The molecule has 1 atom stereocenters. The Labute approximate surface area is 124 Å². The van der Waals surface area contributed by atoms with Gasteiger partial charge in [-0.2, -0.15) is 0 Å². The SMILES string of the molecule is O=C(c1ccc(Cl)cn1)N1CCCC2(CCCNC2)C1. The van der Waals surface area contributed by atoms with Crippen LogP contribution in [0.15, 0.2) is 18.3 Å². The highest BCUT2D eigenvalue weighted by molar-refractivity contribution is 6.30. The van der Waals surface area contributed by atoms with Gasteiger partial charge in [-0.1, -0.05) is 11.6 Å². The van der Waals surface area contributed by atoms with Crippen molar-refractivity contribution in [2.24, 2.45) is 5.41 Å². The number of aromatic nitrogens is 1. The summed E-state index contributed by atoms with van der Waals surface area (Å²) < 4.78 is 0. The first-order valence-electron chi connectivity index (χ1n) is 7.30. The van der Waals surface area contributed by atoms with Gasteiger partial charge >= 0.3 is 0 Å². The van der Waals surface area contributed by atoms with Crippen molar-refractivity contribution in [2.45, 2.75) is 25.7 Å². The van der Waals surface area contributed by atoms with E-state index in [0.717, 1.165) is 32.6 Å². The Kier molecular flexibility index (Phi) is 3.94. The van der Waals surface area contributed by atoms with E-state index in [1.54, 1.807) is 12.1 Å². The van der Waals surface area contributed by atoms with Gasteiger partial charge in [0.05, 0.1) is 5.02 Å². The Morgan fingerprint density at radius 1 is 1.35 bits per heavy atom. The Bertz CT molecular complexity index is 477. The minimum Gasteiger partial charge on any atom is -0.337 e. The largest absolute Gasteiger partial charge is 0.337 e. The van der Waals surface area contributed by atoms with Gasteiger partial charge in [-0.3, -0.25) is 4.79 Å². The van der Waals surface area contributed by atoms with Crippen LogP contribution in [0.4, 0.5) is 0 Å². The molecule has 1 spiro atoms. The first-order chi connectivity index (χ1) is 9.69. The van der Waals surface area contributed by atoms with Crippen molar-refractivity contribution in [2.75, 3.05) is 26.2 Å². The number of carbonyl (C=O) groups excluding carboxylic acids is 1. The van der Waals surface area contributed by atoms with Gasteiger partial charge in [0, 0.05) is 31.2 Å². The fourth-order valence-corrected chi connectivity index (χ4v) is 3.54. The Balaban J connectivity index is 1.73. The number of amides is 1. The molecule has 108 valence electrons. The molecule has 2 saturated heterocycles. The second-order valence-corrected chi connectivity index (χ2v) is 6.41. The van der Waals surface area contributed by atoms with E-state index in [4.69, 9.17) is 11.6 Å². The molecule has 1 unspecified atom stereocenters. The van der Waals surface area contributed by atoms with E-state index >= 15 is 0 Å². The molecule has 0 saturated carbocycles. The van der Waals surface area contributed by atoms with Crippen molar-refractivity contribution in [3.05, 3.63) is 29.0 Å². The van der Waals surface area contributed by atoms with Gasteiger partial charge in [0.25, 0.3) is 5.91 Å². The van der Waals surface area contributed by atoms with E-state index in [1.165, 1.54) is 25.5 Å². The van der Waals surface area contributed by atoms with E-state index < -0.39 is 0 Å². The molecule has 3 heterocycles. The van der Waals surface area contributed by atoms with Crippen LogP contribution in [-0.2, 0) is 0 Å². The van der Waals surface area contributed by atoms with Crippen molar-refractivity contribution >= 4 is 17.5 Å². The standard InChI is InChI=1S/C15H20ClN3O/c16-12-3-4-13(18-9-12)14(20)19-8-2-6-15(11-19)5-1-7-17-10-15/h3-4,9,17H,1-2,5-8,10-11H2. The molecular weight excluding hydrogens is 274 g/mol. The van der Waals surface area contributed by atoms with E-state index in [-0.39, 0.29) is 11.3 Å². The van der Waals surface area contributed by atoms with Crippen LogP contribution in [-0.4, -0.2) is 42.0 Å². The van der Waals surface area contributed by atoms with Gasteiger partial charge in [-0.05, 0) is 44.4 Å². The maximum atomic E-state index is 12.5. The number of piperidine rings is 2. The lowest BCUT2D eigenvalue weighted by atomic mass is 9.74. The predicted octanol–water partition coefficient (Wildman–Crippen LogP) is 2.34. The summed E-state index contributed by atoms with van der Waals surface area (Å²) in [4.78, 5) is 18.7. The number of likely N-dealkylation sites (tertiary alicyclic amines) is 1. The lowest BCUT2D eigenvalue weighted by Gasteiger charge is -2.45. The number of nitrogens with one attached hydrogen (secondary N) is 1. The van der Waals surface area contributed by atoms with Crippen molar-refractivity contribution < 1.29 is 4.79 Å². The molecule has 5 heteroatoms. The van der Waals surface area contributed by atoms with Crippen LogP contribution in [0.1, 0.15) is 36.2 Å². The van der Waals surface area contributed by atoms with Crippen LogP contribution < -0.4 is 5.32 Å². The zero-order valence-corrected chi connectivity index (χ0v) is 12.3. The topological polar surface area (TPSA) is 45.2 Å². The van der Waals surface area contributed by atoms with E-state index in [9.17, 15) is 4.79 Å². The van der Waals surface area contributed by atoms with Crippen LogP contribution in [0, 0.1) is 5.41 Å². The Morgan fingerprint density at radius 2 is 2.20 bits per heavy atom. The smallest absolute Gasteiger partial charge is 0.272 e. The first-order valence-corrected chi connectivity index (χ1v) is 7.68. The number of nitrogens with zero attached hydrogens (tertiary/aromatic N) is 2. The summed E-state index contributed by atoms with van der Waals surface area (Å²) in [5, 5.41) is 4.04. The number of rotatable bonds is 1. The second-order valence-electron chi connectivity index (χ2n) is 5.97. The number of halogens is 1. The summed E-state index contributed by atoms with van der Waals surface area (Å²) in [5.74, 6) is 0.0336. The molecule has 3 rings (SSSR count). The van der Waals surface area contributed by atoms with Crippen LogP contribution in [0.25, 0.3) is 0 Å². The number of pyridine rings is 1. The highest BCUT2D eigenvalue weighted by Crippen LogP contribution is 2.36. The van der Waals surface area contributed by atoms with Gasteiger partial charge in [0.1, 0.15) is 5.69 Å². The molecule has 1 amide bonds. The zero-order chi connectivity index (χ0) is 14.0. The summed E-state index contributed by atoms with van der Waals surface area (Å²) >= 11 is 5.82. The van der Waals surface area contributed by atoms with Gasteiger partial charge in [0.15, 0.2) is 0 Å². The average Bonchev–Trinajstić information content (AvgIpc) is 2.48. The lowest BCUT2D eigenvalue weighted by molar-refractivity contribution is 0.0429. The maximum Gasteiger partial charge on any atom is 0.272 e. The van der Waals surface area contributed by atoms with Crippen molar-refractivity contribution in [1.82, 2.24) is 15.2 Å². The van der Waals surface area contributed by atoms with Gasteiger partial charge < -0.3 is 10.2 Å². The molecule has 0 aromatic carbocycles. The average molecular weight is 294 g/mol. The van der Waals surface area contributed by atoms with Gasteiger partial charge in [-0.25, -0.2) is 4.98 Å². The summed E-state index contributed by atoms with van der Waals surface area (Å²) in [6.45, 7) is 3.83. The summed E-state index contributed by atoms with van der Waals surface area (Å²) in [5.41, 5.74) is 0.772. The third kappa shape index (κ3) is 2.81. The molecule has 0 aliphatic carbocycles. The minimum absolute atomic E-state index is 0.0336. The van der Waals surface area contributed by atoms with E-state index in [1.807, 2.05) is 4.90 Å². The van der Waals surface area contributed by atoms with E-state index in [2.05, 4.69) is 10.3 Å². The van der Waals surface area contributed by atoms with Gasteiger partial charge in [-0.15, -0.1) is 0 Å². The predicted molar refractivity (Wildman–Crippen MR) is 78.9 cm³/mol. The molecule has 0 bridgehead atoms. The highest BCUT2D eigenvalue weighted by Gasteiger charge is 2.38. The van der Waals surface area contributed by atoms with Crippen LogP contribution in [0.2, 0.25) is 5.02 Å². The molecule has 4 nitrogen and oxygen atoms in total. The normalized spacial score (nSPS) is 26.8. The second kappa shape index (κ2) is 5.70. The first kappa shape index (κ1) is 13.8. The molecule has 20 heavy (non-hydrogen) atoms.